The van der Waals surface area contributed by atoms with Crippen molar-refractivity contribution >= 4 is 69.8 Å². The molecule has 0 aliphatic carbocycles. The van der Waals surface area contributed by atoms with Gasteiger partial charge in [0.1, 0.15) is 0 Å². The Morgan fingerprint density at radius 1 is 0.467 bits per heavy atom. The molecule has 0 aromatic heterocycles. The van der Waals surface area contributed by atoms with Crippen LogP contribution >= 0.6 is 0 Å². The molecule has 0 aliphatic heterocycles. The van der Waals surface area contributed by atoms with E-state index in [0.717, 1.165) is 25.7 Å². The molecule has 10 nitrogen and oxygen atoms in total. The first-order valence-corrected chi connectivity index (χ1v) is 20.2. The molecule has 0 heterocycles. The van der Waals surface area contributed by atoms with Crippen LogP contribution < -0.4 is 0 Å². The van der Waals surface area contributed by atoms with Gasteiger partial charge in [-0.3, -0.25) is 9.59 Å². The van der Waals surface area contributed by atoms with Crippen LogP contribution in [0.15, 0.2) is 0 Å². The van der Waals surface area contributed by atoms with Gasteiger partial charge in [0, 0.05) is 51.5 Å². The molecule has 0 saturated heterocycles. The molecule has 0 unspecified atom stereocenters. The number of hydrogen-bond donors (Lipinski definition) is 0. The monoisotopic (exact) mass is 708 g/mol. The quantitative estimate of drug-likeness (QED) is 0.0527. The van der Waals surface area contributed by atoms with Gasteiger partial charge in [0.25, 0.3) is 0 Å². The van der Waals surface area contributed by atoms with Crippen LogP contribution in [0.4, 0.5) is 0 Å². The molecule has 0 aromatic carbocycles. The fourth-order valence-electron chi connectivity index (χ4n) is 4.76. The third-order valence-corrected chi connectivity index (χ3v) is 9.19. The van der Waals surface area contributed by atoms with E-state index in [-0.39, 0.29) is 62.4 Å². The van der Waals surface area contributed by atoms with Gasteiger partial charge in [-0.2, -0.15) is 0 Å². The van der Waals surface area contributed by atoms with Crippen LogP contribution in [0.5, 0.6) is 0 Å². The maximum absolute atomic E-state index is 11.8. The predicted molar refractivity (Wildman–Crippen MR) is 183 cm³/mol. The number of carbonyl (C=O) groups is 2. The van der Waals surface area contributed by atoms with Crippen LogP contribution in [-0.2, 0) is 29.8 Å². The van der Waals surface area contributed by atoms with Crippen LogP contribution in [0.2, 0.25) is 0 Å². The second kappa shape index (κ2) is 32.6. The second-order valence-electron chi connectivity index (χ2n) is 12.0. The molecule has 0 bridgehead atoms. The van der Waals surface area contributed by atoms with Crippen molar-refractivity contribution in [2.45, 2.75) is 155 Å². The molecule has 0 atom stereocenters. The van der Waals surface area contributed by atoms with E-state index in [4.69, 9.17) is 0 Å². The predicted octanol–water partition coefficient (Wildman–Crippen LogP) is 6.22. The maximum atomic E-state index is 11.8. The van der Waals surface area contributed by atoms with Gasteiger partial charge in [-0.05, 0) is 25.7 Å². The smallest absolute Gasteiger partial charge is 0.748 e. The molecule has 2 amide bonds. The average molecular weight is 709 g/mol. The number of nitrogens with zero attached hydrogens (tertiary/aromatic N) is 2. The summed E-state index contributed by atoms with van der Waals surface area (Å²) >= 11 is 0. The molecular weight excluding hydrogens is 645 g/mol. The summed E-state index contributed by atoms with van der Waals surface area (Å²) in [5.41, 5.74) is 0. The van der Waals surface area contributed by atoms with Crippen LogP contribution in [0.25, 0.3) is 0 Å². The van der Waals surface area contributed by atoms with Crippen molar-refractivity contribution in [1.82, 2.24) is 9.80 Å². The Morgan fingerprint density at radius 2 is 0.711 bits per heavy atom. The first kappa shape index (κ1) is 49.4. The summed E-state index contributed by atoms with van der Waals surface area (Å²) in [5, 5.41) is 0. The molecule has 0 spiro atoms. The van der Waals surface area contributed by atoms with Crippen molar-refractivity contribution in [3.63, 3.8) is 0 Å². The molecular formula is C32H64CaN2O8S2. The van der Waals surface area contributed by atoms with Gasteiger partial charge in [-0.1, -0.05) is 117 Å². The van der Waals surface area contributed by atoms with E-state index >= 15 is 0 Å². The molecule has 0 N–H and O–H groups in total. The number of rotatable bonds is 28. The van der Waals surface area contributed by atoms with Crippen LogP contribution in [0, 0.1) is 0 Å². The minimum Gasteiger partial charge on any atom is -0.748 e. The first-order valence-electron chi connectivity index (χ1n) is 17.1. The molecule has 45 heavy (non-hydrogen) atoms. The molecule has 264 valence electrons. The standard InChI is InChI=1S/2C16H33NO4S.Ca/c2*1-3-4-5-6-7-8-9-10-11-13-16(18)17(2)14-12-15-22(19,20)21;/h2*3-15H2,1-2H3,(H,19,20,21);/q;;+2/p-2. The number of hydrogen-bond acceptors (Lipinski definition) is 8. The van der Waals surface area contributed by atoms with Gasteiger partial charge in [-0.25, -0.2) is 16.8 Å². The zero-order valence-electron chi connectivity index (χ0n) is 29.1. The molecule has 0 saturated carbocycles. The van der Waals surface area contributed by atoms with Crippen molar-refractivity contribution in [2.24, 2.45) is 0 Å². The number of carbonyl (C=O) groups excluding carboxylic acids is 2. The van der Waals surface area contributed by atoms with Crippen molar-refractivity contribution in [1.29, 1.82) is 0 Å². The van der Waals surface area contributed by atoms with Crippen molar-refractivity contribution in [2.75, 3.05) is 38.7 Å². The van der Waals surface area contributed by atoms with Crippen LogP contribution in [0.3, 0.4) is 0 Å². The van der Waals surface area contributed by atoms with Gasteiger partial charge in [0.2, 0.25) is 11.8 Å². The van der Waals surface area contributed by atoms with E-state index in [1.165, 1.54) is 99.7 Å². The van der Waals surface area contributed by atoms with Gasteiger partial charge in [0.05, 0.1) is 20.2 Å². The third kappa shape index (κ3) is 40.1. The first-order chi connectivity index (χ1) is 20.7. The van der Waals surface area contributed by atoms with Gasteiger partial charge < -0.3 is 18.9 Å². The summed E-state index contributed by atoms with van der Waals surface area (Å²) in [5.74, 6) is -0.733. The molecule has 0 rings (SSSR count). The molecule has 13 heteroatoms. The molecule has 0 aromatic rings. The van der Waals surface area contributed by atoms with Gasteiger partial charge >= 0.3 is 37.7 Å². The normalized spacial score (nSPS) is 11.3. The average Bonchev–Trinajstić information content (AvgIpc) is 2.94. The van der Waals surface area contributed by atoms with Gasteiger partial charge in [0.15, 0.2) is 0 Å². The van der Waals surface area contributed by atoms with E-state index in [1.54, 1.807) is 14.1 Å². The van der Waals surface area contributed by atoms with Crippen LogP contribution in [0.1, 0.15) is 155 Å². The fraction of sp³-hybridized carbons (Fsp3) is 0.938. The Labute approximate surface area is 306 Å². The van der Waals surface area contributed by atoms with E-state index in [1.807, 2.05) is 0 Å². The molecule has 0 fully saturated rings. The number of unbranched alkanes of at least 4 members (excludes halogenated alkanes) is 16. The summed E-state index contributed by atoms with van der Waals surface area (Å²) in [6.45, 7) is 5.09. The Kier molecular flexibility index (Phi) is 35.8. The Bertz CT molecular complexity index is 844. The summed E-state index contributed by atoms with van der Waals surface area (Å²) in [6.07, 6.45) is 23.3. The van der Waals surface area contributed by atoms with Crippen LogP contribution in [-0.4, -0.2) is 124 Å². The van der Waals surface area contributed by atoms with Gasteiger partial charge in [-0.15, -0.1) is 0 Å². The molecule has 0 radical (unpaired) electrons. The SMILES string of the molecule is CCCCCCCCCCCC(=O)N(C)CCCS(=O)(=O)[O-].CCCCCCCCCCCC(=O)N(C)CCCS(=O)(=O)[O-].[Ca+2]. The Balaban J connectivity index is -0.000000767. The Hall–Kier alpha value is 0.0197. The summed E-state index contributed by atoms with van der Waals surface area (Å²) in [6, 6.07) is 0. The van der Waals surface area contributed by atoms with E-state index in [9.17, 15) is 35.5 Å². The minimum atomic E-state index is -4.17. The van der Waals surface area contributed by atoms with E-state index in [2.05, 4.69) is 13.8 Å². The van der Waals surface area contributed by atoms with Crippen molar-refractivity contribution < 1.29 is 35.5 Å². The largest absolute Gasteiger partial charge is 2.00 e. The fourth-order valence-corrected chi connectivity index (χ4v) is 5.73. The van der Waals surface area contributed by atoms with E-state index in [0.29, 0.717) is 25.9 Å². The van der Waals surface area contributed by atoms with Crippen molar-refractivity contribution in [3.05, 3.63) is 0 Å². The zero-order valence-corrected chi connectivity index (χ0v) is 32.9. The third-order valence-electron chi connectivity index (χ3n) is 7.62. The second-order valence-corrected chi connectivity index (χ2v) is 15.1. The summed E-state index contributed by atoms with van der Waals surface area (Å²) in [4.78, 5) is 26.7. The summed E-state index contributed by atoms with van der Waals surface area (Å²) in [7, 11) is -5.02. The number of amides is 2. The maximum Gasteiger partial charge on any atom is 2.00 e. The Morgan fingerprint density at radius 3 is 0.956 bits per heavy atom. The topological polar surface area (TPSA) is 155 Å². The zero-order chi connectivity index (χ0) is 33.7. The van der Waals surface area contributed by atoms with E-state index < -0.39 is 31.7 Å². The minimum absolute atomic E-state index is 0. The van der Waals surface area contributed by atoms with Crippen molar-refractivity contribution in [3.8, 4) is 0 Å². The molecule has 0 aliphatic rings. The summed E-state index contributed by atoms with van der Waals surface area (Å²) < 4.78 is 62.9.